The summed E-state index contributed by atoms with van der Waals surface area (Å²) in [5.41, 5.74) is 5.75. The zero-order valence-electron chi connectivity index (χ0n) is 12.8. The number of carbonyl (C=O) groups excluding carboxylic acids is 1. The summed E-state index contributed by atoms with van der Waals surface area (Å²) in [6, 6.07) is 0. The lowest BCUT2D eigenvalue weighted by atomic mass is 9.84. The van der Waals surface area contributed by atoms with Crippen molar-refractivity contribution in [1.29, 1.82) is 0 Å². The Kier molecular flexibility index (Phi) is 8.20. The maximum absolute atomic E-state index is 12.0. The normalized spacial score (nSPS) is 11.9. The largest absolute Gasteiger partial charge is 0.346 e. The minimum atomic E-state index is 0.175. The van der Waals surface area contributed by atoms with Crippen molar-refractivity contribution >= 4 is 5.91 Å². The second kappa shape index (κ2) is 8.48. The smallest absolute Gasteiger partial charge is 0.222 e. The zero-order chi connectivity index (χ0) is 14.2. The fourth-order valence-corrected chi connectivity index (χ4v) is 1.90. The molecular weight excluding hydrogens is 226 g/mol. The fraction of sp³-hybridized carbons (Fsp3) is 0.929. The third kappa shape index (κ3) is 8.48. The molecule has 18 heavy (non-hydrogen) atoms. The van der Waals surface area contributed by atoms with Gasteiger partial charge in [0.2, 0.25) is 5.91 Å². The van der Waals surface area contributed by atoms with Gasteiger partial charge < -0.3 is 15.5 Å². The molecule has 0 aromatic carbocycles. The summed E-state index contributed by atoms with van der Waals surface area (Å²) in [5.74, 6) is 0.249. The summed E-state index contributed by atoms with van der Waals surface area (Å²) in [6.45, 7) is 6.92. The molecule has 0 aliphatic carbocycles. The van der Waals surface area contributed by atoms with Crippen LogP contribution in [-0.4, -0.2) is 56.5 Å². The average molecular weight is 257 g/mol. The van der Waals surface area contributed by atoms with Gasteiger partial charge in [0.1, 0.15) is 0 Å². The Bertz CT molecular complexity index is 239. The van der Waals surface area contributed by atoms with E-state index in [0.717, 1.165) is 32.4 Å². The molecule has 0 spiro atoms. The van der Waals surface area contributed by atoms with E-state index in [4.69, 9.17) is 5.73 Å². The van der Waals surface area contributed by atoms with Crippen LogP contribution < -0.4 is 5.73 Å². The lowest BCUT2D eigenvalue weighted by molar-refractivity contribution is -0.130. The molecule has 0 fully saturated rings. The van der Waals surface area contributed by atoms with E-state index < -0.39 is 0 Å². The van der Waals surface area contributed by atoms with Gasteiger partial charge in [-0.15, -0.1) is 0 Å². The van der Waals surface area contributed by atoms with Crippen LogP contribution >= 0.6 is 0 Å². The van der Waals surface area contributed by atoms with Crippen LogP contribution in [-0.2, 0) is 4.79 Å². The Morgan fingerprint density at radius 3 is 2.22 bits per heavy atom. The second-order valence-corrected chi connectivity index (χ2v) is 6.18. The van der Waals surface area contributed by atoms with Crippen LogP contribution in [0.1, 0.15) is 39.5 Å². The molecule has 0 saturated heterocycles. The van der Waals surface area contributed by atoms with E-state index in [0.29, 0.717) is 13.0 Å². The minimum Gasteiger partial charge on any atom is -0.346 e. The fourth-order valence-electron chi connectivity index (χ4n) is 1.90. The highest BCUT2D eigenvalue weighted by molar-refractivity contribution is 5.75. The van der Waals surface area contributed by atoms with Crippen LogP contribution in [0.3, 0.4) is 0 Å². The number of hydrogen-bond acceptors (Lipinski definition) is 3. The van der Waals surface area contributed by atoms with Gasteiger partial charge in [-0.3, -0.25) is 4.79 Å². The molecule has 0 aromatic heterocycles. The molecule has 4 heteroatoms. The SMILES string of the molecule is CN(C)CCCN(C)C(=O)CCC(C)(C)CCN. The number of carbonyl (C=O) groups is 1. The van der Waals surface area contributed by atoms with Crippen molar-refractivity contribution in [2.75, 3.05) is 40.8 Å². The van der Waals surface area contributed by atoms with E-state index in [2.05, 4.69) is 32.8 Å². The standard InChI is InChI=1S/C14H31N3O/c1-14(2,9-10-15)8-7-13(18)17(5)12-6-11-16(3)4/h6-12,15H2,1-5H3. The third-order valence-electron chi connectivity index (χ3n) is 3.36. The van der Waals surface area contributed by atoms with E-state index >= 15 is 0 Å². The molecule has 0 rings (SSSR count). The van der Waals surface area contributed by atoms with Crippen molar-refractivity contribution in [1.82, 2.24) is 9.80 Å². The van der Waals surface area contributed by atoms with Gasteiger partial charge in [-0.1, -0.05) is 13.8 Å². The average Bonchev–Trinajstić information content (AvgIpc) is 2.25. The van der Waals surface area contributed by atoms with Crippen molar-refractivity contribution in [2.45, 2.75) is 39.5 Å². The molecule has 0 aromatic rings. The Hall–Kier alpha value is -0.610. The number of nitrogens with zero attached hydrogens (tertiary/aromatic N) is 2. The molecule has 108 valence electrons. The third-order valence-corrected chi connectivity index (χ3v) is 3.36. The first-order valence-corrected chi connectivity index (χ1v) is 6.87. The van der Waals surface area contributed by atoms with Crippen LogP contribution in [0.25, 0.3) is 0 Å². The summed E-state index contributed by atoms with van der Waals surface area (Å²) in [6.07, 6.45) is 3.55. The van der Waals surface area contributed by atoms with Crippen molar-refractivity contribution in [3.8, 4) is 0 Å². The lowest BCUT2D eigenvalue weighted by Crippen LogP contribution is -2.30. The Balaban J connectivity index is 3.87. The Labute approximate surface area is 113 Å². The molecule has 0 unspecified atom stereocenters. The quantitative estimate of drug-likeness (QED) is 0.682. The number of hydrogen-bond donors (Lipinski definition) is 1. The van der Waals surface area contributed by atoms with E-state index in [1.165, 1.54) is 0 Å². The van der Waals surface area contributed by atoms with Crippen molar-refractivity contribution < 1.29 is 4.79 Å². The molecule has 0 aliphatic rings. The summed E-state index contributed by atoms with van der Waals surface area (Å²) in [4.78, 5) is 15.9. The Morgan fingerprint density at radius 1 is 1.11 bits per heavy atom. The first-order valence-electron chi connectivity index (χ1n) is 6.87. The van der Waals surface area contributed by atoms with Crippen LogP contribution in [0.2, 0.25) is 0 Å². The van der Waals surface area contributed by atoms with Gasteiger partial charge in [0, 0.05) is 20.0 Å². The summed E-state index contributed by atoms with van der Waals surface area (Å²) in [7, 11) is 6.00. The van der Waals surface area contributed by atoms with Crippen LogP contribution in [0.15, 0.2) is 0 Å². The molecule has 4 nitrogen and oxygen atoms in total. The first kappa shape index (κ1) is 17.4. The highest BCUT2D eigenvalue weighted by atomic mass is 16.2. The predicted molar refractivity (Wildman–Crippen MR) is 77.5 cm³/mol. The number of nitrogens with two attached hydrogens (primary N) is 1. The highest BCUT2D eigenvalue weighted by Crippen LogP contribution is 2.26. The molecule has 1 amide bonds. The monoisotopic (exact) mass is 257 g/mol. The van der Waals surface area contributed by atoms with Crippen LogP contribution in [0.4, 0.5) is 0 Å². The van der Waals surface area contributed by atoms with Crippen molar-refractivity contribution in [3.05, 3.63) is 0 Å². The van der Waals surface area contributed by atoms with Crippen molar-refractivity contribution in [2.24, 2.45) is 11.1 Å². The van der Waals surface area contributed by atoms with Crippen LogP contribution in [0, 0.1) is 5.41 Å². The van der Waals surface area contributed by atoms with Gasteiger partial charge in [-0.25, -0.2) is 0 Å². The maximum Gasteiger partial charge on any atom is 0.222 e. The van der Waals surface area contributed by atoms with Gasteiger partial charge in [0.15, 0.2) is 0 Å². The van der Waals surface area contributed by atoms with E-state index in [1.807, 2.05) is 11.9 Å². The van der Waals surface area contributed by atoms with Gasteiger partial charge in [0.25, 0.3) is 0 Å². The van der Waals surface area contributed by atoms with Crippen LogP contribution in [0.5, 0.6) is 0 Å². The maximum atomic E-state index is 12.0. The lowest BCUT2D eigenvalue weighted by Gasteiger charge is -2.25. The molecular formula is C14H31N3O. The van der Waals surface area contributed by atoms with Gasteiger partial charge >= 0.3 is 0 Å². The number of rotatable bonds is 9. The highest BCUT2D eigenvalue weighted by Gasteiger charge is 2.19. The zero-order valence-corrected chi connectivity index (χ0v) is 12.8. The minimum absolute atomic E-state index is 0.175. The summed E-state index contributed by atoms with van der Waals surface area (Å²) in [5, 5.41) is 0. The molecule has 0 aliphatic heterocycles. The molecule has 0 heterocycles. The predicted octanol–water partition coefficient (Wildman–Crippen LogP) is 1.55. The topological polar surface area (TPSA) is 49.6 Å². The first-order chi connectivity index (χ1) is 8.28. The van der Waals surface area contributed by atoms with Gasteiger partial charge in [-0.05, 0) is 51.9 Å². The van der Waals surface area contributed by atoms with Gasteiger partial charge in [0.05, 0.1) is 0 Å². The van der Waals surface area contributed by atoms with E-state index in [1.54, 1.807) is 0 Å². The molecule has 0 bridgehead atoms. The second-order valence-electron chi connectivity index (χ2n) is 6.18. The molecule has 0 atom stereocenters. The Morgan fingerprint density at radius 2 is 1.72 bits per heavy atom. The van der Waals surface area contributed by atoms with Crippen molar-refractivity contribution in [3.63, 3.8) is 0 Å². The number of amides is 1. The van der Waals surface area contributed by atoms with Gasteiger partial charge in [-0.2, -0.15) is 0 Å². The van der Waals surface area contributed by atoms with E-state index in [-0.39, 0.29) is 11.3 Å². The van der Waals surface area contributed by atoms with E-state index in [9.17, 15) is 4.79 Å². The molecule has 0 radical (unpaired) electrons. The summed E-state index contributed by atoms with van der Waals surface area (Å²) < 4.78 is 0. The molecule has 0 saturated carbocycles. The molecule has 2 N–H and O–H groups in total. The summed E-state index contributed by atoms with van der Waals surface area (Å²) >= 11 is 0.